The Balaban J connectivity index is 2.24. The normalized spacial score (nSPS) is 43.1. The van der Waals surface area contributed by atoms with Crippen molar-refractivity contribution in [1.29, 1.82) is 0 Å². The molecule has 2 saturated carbocycles. The van der Waals surface area contributed by atoms with Crippen LogP contribution in [0.3, 0.4) is 0 Å². The van der Waals surface area contributed by atoms with E-state index in [0.29, 0.717) is 22.7 Å². The highest BCUT2D eigenvalue weighted by molar-refractivity contribution is 9.09. The van der Waals surface area contributed by atoms with Gasteiger partial charge in [-0.1, -0.05) is 43.3 Å². The Kier molecular flexibility index (Phi) is 5.97. The van der Waals surface area contributed by atoms with Crippen LogP contribution in [0, 0.1) is 22.7 Å². The number of halogens is 1. The van der Waals surface area contributed by atoms with Gasteiger partial charge in [-0.05, 0) is 73.7 Å². The van der Waals surface area contributed by atoms with Gasteiger partial charge in [-0.3, -0.25) is 0 Å². The molecule has 140 valence electrons. The quantitative estimate of drug-likeness (QED) is 0.480. The molecule has 0 amide bonds. The van der Waals surface area contributed by atoms with Crippen molar-refractivity contribution in [3.63, 3.8) is 0 Å². The molecule has 3 N–H and O–H groups in total. The molecule has 0 bridgehead atoms. The van der Waals surface area contributed by atoms with Gasteiger partial charge in [-0.15, -0.1) is 0 Å². The topological polar surface area (TPSA) is 60.7 Å². The molecule has 4 heteroatoms. The maximum Gasteiger partial charge on any atom is 0.0978 e. The molecule has 0 heterocycles. The van der Waals surface area contributed by atoms with E-state index in [-0.39, 0.29) is 23.4 Å². The second kappa shape index (κ2) is 7.02. The first-order valence-electron chi connectivity index (χ1n) is 9.30. The molecule has 24 heavy (non-hydrogen) atoms. The Morgan fingerprint density at radius 3 is 2.42 bits per heavy atom. The molecule has 2 aliphatic rings. The van der Waals surface area contributed by atoms with Gasteiger partial charge in [-0.2, -0.15) is 0 Å². The average Bonchev–Trinajstić information content (AvgIpc) is 2.49. The van der Waals surface area contributed by atoms with Crippen LogP contribution in [0.1, 0.15) is 66.2 Å². The largest absolute Gasteiger partial charge is 0.393 e. The molecule has 2 aliphatic carbocycles. The SMILES string of the molecule is C=C(CCC1[C@]2(C)CC[C@@H](Br)C(C)(C)[C@H]2CC[C@@]1(C)O)C(O)CO. The average molecular weight is 403 g/mol. The highest BCUT2D eigenvalue weighted by atomic mass is 79.9. The fourth-order valence-electron chi connectivity index (χ4n) is 5.76. The molecule has 0 aliphatic heterocycles. The second-order valence-corrected chi connectivity index (χ2v) is 10.3. The summed E-state index contributed by atoms with van der Waals surface area (Å²) in [5.74, 6) is 0.759. The Morgan fingerprint density at radius 2 is 1.83 bits per heavy atom. The zero-order chi connectivity index (χ0) is 18.3. The van der Waals surface area contributed by atoms with E-state index in [1.807, 2.05) is 6.92 Å². The Bertz CT molecular complexity index is 474. The standard InChI is InChI=1S/C20H35BrO3/c1-13(14(23)12-22)6-7-16-19(4)10-9-17(21)18(2,3)15(19)8-11-20(16,5)24/h14-17,22-24H,1,6-12H2,2-5H3/t14?,15-,16?,17-,19-,20-/m1/s1. The molecule has 0 radical (unpaired) electrons. The lowest BCUT2D eigenvalue weighted by molar-refractivity contribution is -0.166. The third kappa shape index (κ3) is 3.49. The maximum atomic E-state index is 11.1. The monoisotopic (exact) mass is 402 g/mol. The second-order valence-electron chi connectivity index (χ2n) is 9.23. The molecule has 0 aromatic heterocycles. The van der Waals surface area contributed by atoms with Gasteiger partial charge in [0.05, 0.1) is 18.3 Å². The summed E-state index contributed by atoms with van der Waals surface area (Å²) in [6, 6.07) is 0. The zero-order valence-electron chi connectivity index (χ0n) is 15.7. The lowest BCUT2D eigenvalue weighted by Crippen LogP contribution is -2.59. The smallest absolute Gasteiger partial charge is 0.0978 e. The number of alkyl halides is 1. The molecular weight excluding hydrogens is 368 g/mol. The number of aliphatic hydroxyl groups excluding tert-OH is 2. The predicted molar refractivity (Wildman–Crippen MR) is 102 cm³/mol. The minimum Gasteiger partial charge on any atom is -0.393 e. The van der Waals surface area contributed by atoms with E-state index in [4.69, 9.17) is 5.11 Å². The summed E-state index contributed by atoms with van der Waals surface area (Å²) in [5.41, 5.74) is 0.307. The van der Waals surface area contributed by atoms with Crippen LogP contribution in [0.15, 0.2) is 12.2 Å². The van der Waals surface area contributed by atoms with Gasteiger partial charge in [-0.25, -0.2) is 0 Å². The molecular formula is C20H35BrO3. The molecule has 6 atom stereocenters. The minimum atomic E-state index is -0.850. The lowest BCUT2D eigenvalue weighted by atomic mass is 9.45. The summed E-state index contributed by atoms with van der Waals surface area (Å²) >= 11 is 3.90. The molecule has 3 nitrogen and oxygen atoms in total. The van der Waals surface area contributed by atoms with E-state index in [1.54, 1.807) is 0 Å². The number of rotatable bonds is 5. The molecule has 2 unspecified atom stereocenters. The van der Waals surface area contributed by atoms with Gasteiger partial charge < -0.3 is 15.3 Å². The third-order valence-corrected chi connectivity index (χ3v) is 8.96. The molecule has 0 aromatic carbocycles. The van der Waals surface area contributed by atoms with Crippen LogP contribution in [0.5, 0.6) is 0 Å². The zero-order valence-corrected chi connectivity index (χ0v) is 17.3. The van der Waals surface area contributed by atoms with Gasteiger partial charge in [0.2, 0.25) is 0 Å². The van der Waals surface area contributed by atoms with Gasteiger partial charge in [0.15, 0.2) is 0 Å². The van der Waals surface area contributed by atoms with E-state index < -0.39 is 11.7 Å². The Labute approximate surface area is 155 Å². The highest BCUT2D eigenvalue weighted by Crippen LogP contribution is 2.64. The number of hydrogen-bond donors (Lipinski definition) is 3. The fourth-order valence-corrected chi connectivity index (χ4v) is 6.31. The van der Waals surface area contributed by atoms with Crippen LogP contribution < -0.4 is 0 Å². The summed E-state index contributed by atoms with van der Waals surface area (Å²) in [4.78, 5) is 0.526. The predicted octanol–water partition coefficient (Wildman–Crippen LogP) is 4.04. The molecule has 2 rings (SSSR count). The summed E-state index contributed by atoms with van der Waals surface area (Å²) in [6.45, 7) is 12.7. The Hall–Kier alpha value is 0.1000. The molecule has 0 saturated heterocycles. The van der Waals surface area contributed by atoms with Crippen molar-refractivity contribution in [2.24, 2.45) is 22.7 Å². The molecule has 0 aromatic rings. The summed E-state index contributed by atoms with van der Waals surface area (Å²) < 4.78 is 0. The first-order valence-corrected chi connectivity index (χ1v) is 10.2. The van der Waals surface area contributed by atoms with Crippen LogP contribution in [-0.4, -0.2) is 38.5 Å². The minimum absolute atomic E-state index is 0.0972. The van der Waals surface area contributed by atoms with Crippen molar-refractivity contribution in [3.05, 3.63) is 12.2 Å². The first-order chi connectivity index (χ1) is 11.0. The van der Waals surface area contributed by atoms with Crippen LogP contribution >= 0.6 is 15.9 Å². The number of aliphatic hydroxyl groups is 3. The summed E-state index contributed by atoms with van der Waals surface area (Å²) in [5, 5.41) is 30.0. The summed E-state index contributed by atoms with van der Waals surface area (Å²) in [6.07, 6.45) is 4.77. The lowest BCUT2D eigenvalue weighted by Gasteiger charge is -2.62. The third-order valence-electron chi connectivity index (χ3n) is 7.32. The van der Waals surface area contributed by atoms with E-state index >= 15 is 0 Å². The number of hydrogen-bond acceptors (Lipinski definition) is 3. The van der Waals surface area contributed by atoms with Gasteiger partial charge in [0, 0.05) is 4.83 Å². The highest BCUT2D eigenvalue weighted by Gasteiger charge is 2.59. The van der Waals surface area contributed by atoms with E-state index in [0.717, 1.165) is 32.1 Å². The van der Waals surface area contributed by atoms with Gasteiger partial charge >= 0.3 is 0 Å². The van der Waals surface area contributed by atoms with Crippen molar-refractivity contribution in [2.45, 2.75) is 82.8 Å². The number of fused-ring (bicyclic) bond motifs is 1. The van der Waals surface area contributed by atoms with Crippen molar-refractivity contribution in [1.82, 2.24) is 0 Å². The van der Waals surface area contributed by atoms with E-state index in [9.17, 15) is 10.2 Å². The fraction of sp³-hybridized carbons (Fsp3) is 0.900. The van der Waals surface area contributed by atoms with E-state index in [2.05, 4.69) is 43.3 Å². The first kappa shape index (κ1) is 20.4. The van der Waals surface area contributed by atoms with Crippen LogP contribution in [0.4, 0.5) is 0 Å². The van der Waals surface area contributed by atoms with Crippen LogP contribution in [0.2, 0.25) is 0 Å². The maximum absolute atomic E-state index is 11.1. The van der Waals surface area contributed by atoms with Crippen molar-refractivity contribution >= 4 is 15.9 Å². The van der Waals surface area contributed by atoms with Crippen LogP contribution in [0.25, 0.3) is 0 Å². The van der Waals surface area contributed by atoms with Crippen molar-refractivity contribution in [2.75, 3.05) is 6.61 Å². The summed E-state index contributed by atoms with van der Waals surface area (Å²) in [7, 11) is 0. The molecule has 0 spiro atoms. The van der Waals surface area contributed by atoms with Crippen molar-refractivity contribution < 1.29 is 15.3 Å². The van der Waals surface area contributed by atoms with E-state index in [1.165, 1.54) is 0 Å². The molecule has 2 fully saturated rings. The van der Waals surface area contributed by atoms with Gasteiger partial charge in [0.25, 0.3) is 0 Å². The Morgan fingerprint density at radius 1 is 1.21 bits per heavy atom. The van der Waals surface area contributed by atoms with Crippen molar-refractivity contribution in [3.8, 4) is 0 Å². The van der Waals surface area contributed by atoms with Gasteiger partial charge in [0.1, 0.15) is 0 Å². The van der Waals surface area contributed by atoms with Crippen LogP contribution in [-0.2, 0) is 0 Å².